The summed E-state index contributed by atoms with van der Waals surface area (Å²) in [5.41, 5.74) is 0. The van der Waals surface area contributed by atoms with Crippen LogP contribution in [0.3, 0.4) is 0 Å². The van der Waals surface area contributed by atoms with E-state index in [0.717, 1.165) is 11.8 Å². The largest absolute Gasteiger partial charge is 0.147 e. The molecule has 0 bridgehead atoms. The standard InChI is InChI=1S/C3H7.ClH.Ni/c1-3-2;;/h1,3H2,2H3;1H;. The van der Waals surface area contributed by atoms with Gasteiger partial charge in [0.2, 0.25) is 0 Å². The van der Waals surface area contributed by atoms with Gasteiger partial charge in [0.05, 0.1) is 0 Å². The zero-order valence-electron chi connectivity index (χ0n) is 3.14. The monoisotopic (exact) mass is 137 g/mol. The van der Waals surface area contributed by atoms with Gasteiger partial charge in [-0.15, -0.1) is 12.4 Å². The third-order valence-electron chi connectivity index (χ3n) is 0.158. The zero-order valence-corrected chi connectivity index (χ0v) is 4.94. The molecule has 0 saturated heterocycles. The Bertz CT molecular complexity index is 8.85. The molecule has 0 spiro atoms. The number of hydrogen-bond acceptors (Lipinski definition) is 0. The van der Waals surface area contributed by atoms with Crippen molar-refractivity contribution in [1.29, 1.82) is 0 Å². The topological polar surface area (TPSA) is 0 Å². The molecule has 0 saturated carbocycles. The molecule has 0 aromatic carbocycles. The van der Waals surface area contributed by atoms with Crippen molar-refractivity contribution in [3.8, 4) is 0 Å². The molecule has 0 fully saturated rings. The van der Waals surface area contributed by atoms with Crippen molar-refractivity contribution in [2.75, 3.05) is 0 Å². The Morgan fingerprint density at radius 3 is 1.80 bits per heavy atom. The molecule has 0 atom stereocenters. The van der Waals surface area contributed by atoms with Gasteiger partial charge in [0.25, 0.3) is 0 Å². The summed E-state index contributed by atoms with van der Waals surface area (Å²) in [4.78, 5) is 0. The van der Waals surface area contributed by atoms with Gasteiger partial charge in [0, 0.05) is 0 Å². The van der Waals surface area contributed by atoms with Crippen LogP contribution < -0.4 is 0 Å². The Morgan fingerprint density at radius 2 is 1.80 bits per heavy atom. The molecule has 0 aromatic rings. The Morgan fingerprint density at radius 1 is 1.60 bits per heavy atom. The van der Waals surface area contributed by atoms with E-state index >= 15 is 0 Å². The minimum atomic E-state index is 0. The second-order valence-electron chi connectivity index (χ2n) is 0.658. The van der Waals surface area contributed by atoms with Crippen LogP contribution in [0, 0.1) is 0 Å². The van der Waals surface area contributed by atoms with Crippen LogP contribution in [0.25, 0.3) is 0 Å². The van der Waals surface area contributed by atoms with Gasteiger partial charge in [-0.3, -0.25) is 0 Å². The van der Waals surface area contributed by atoms with Crippen molar-refractivity contribution in [3.05, 3.63) is 0 Å². The van der Waals surface area contributed by atoms with Crippen molar-refractivity contribution >= 4 is 12.4 Å². The van der Waals surface area contributed by atoms with Gasteiger partial charge >= 0.3 is 34.2 Å². The molecule has 0 N–H and O–H groups in total. The van der Waals surface area contributed by atoms with Crippen molar-refractivity contribution in [2.45, 2.75) is 18.7 Å². The van der Waals surface area contributed by atoms with E-state index in [4.69, 9.17) is 0 Å². The maximum Gasteiger partial charge on any atom is -0.147 e. The second-order valence-corrected chi connectivity index (χ2v) is 1.15. The first kappa shape index (κ1) is 9.24. The van der Waals surface area contributed by atoms with Gasteiger partial charge in [0.1, 0.15) is 0 Å². The first-order valence-corrected chi connectivity index (χ1v) is 2.13. The molecule has 0 amide bonds. The molecule has 0 aliphatic carbocycles. The molecule has 0 aromatic heterocycles. The van der Waals surface area contributed by atoms with E-state index in [-0.39, 0.29) is 12.4 Å². The summed E-state index contributed by atoms with van der Waals surface area (Å²) < 4.78 is 0. The van der Waals surface area contributed by atoms with Crippen LogP contribution in [-0.4, -0.2) is 0 Å². The summed E-state index contributed by atoms with van der Waals surface area (Å²) in [6.07, 6.45) is 1.15. The van der Waals surface area contributed by atoms with Crippen molar-refractivity contribution in [2.24, 2.45) is 0 Å². The Balaban J connectivity index is 0. The smallest absolute Gasteiger partial charge is 0.147 e. The van der Waals surface area contributed by atoms with Gasteiger partial charge < -0.3 is 0 Å². The van der Waals surface area contributed by atoms with E-state index in [9.17, 15) is 0 Å². The summed E-state index contributed by atoms with van der Waals surface area (Å²) >= 11 is 4.32. The van der Waals surface area contributed by atoms with Gasteiger partial charge in [-0.1, -0.05) is 0 Å². The average molecular weight is 138 g/mol. The molecule has 0 aliphatic heterocycles. The van der Waals surface area contributed by atoms with Gasteiger partial charge in [-0.25, -0.2) is 0 Å². The van der Waals surface area contributed by atoms with E-state index in [2.05, 4.69) is 22.4 Å². The summed E-state index contributed by atoms with van der Waals surface area (Å²) in [6, 6.07) is 0. The SMILES string of the molecule is CC[CH2][Ni].Cl. The van der Waals surface area contributed by atoms with Gasteiger partial charge in [-0.05, 0) is 0 Å². The predicted molar refractivity (Wildman–Crippen MR) is 22.3 cm³/mol. The van der Waals surface area contributed by atoms with Crippen molar-refractivity contribution < 1.29 is 15.5 Å². The Hall–Kier alpha value is 0.784. The molecular weight excluding hydrogens is 130 g/mol. The maximum absolute atomic E-state index is 4.32. The number of rotatable bonds is 1. The van der Waals surface area contributed by atoms with Crippen molar-refractivity contribution in [3.63, 3.8) is 0 Å². The van der Waals surface area contributed by atoms with Crippen LogP contribution in [0.1, 0.15) is 13.3 Å². The molecule has 2 heteroatoms. The molecule has 5 heavy (non-hydrogen) atoms. The van der Waals surface area contributed by atoms with Crippen LogP contribution in [0.2, 0.25) is 5.39 Å². The fourth-order valence-corrected chi connectivity index (χ4v) is 0. The quantitative estimate of drug-likeness (QED) is 0.484. The normalized spacial score (nSPS) is 6.20. The first-order chi connectivity index (χ1) is 1.91. The number of hydrogen-bond donors (Lipinski definition) is 0. The van der Waals surface area contributed by atoms with Crippen LogP contribution in [0.4, 0.5) is 0 Å². The van der Waals surface area contributed by atoms with Crippen LogP contribution in [0.5, 0.6) is 0 Å². The Kier molecular flexibility index (Phi) is 16.3. The molecule has 0 unspecified atom stereocenters. The molecule has 0 nitrogen and oxygen atoms in total. The first-order valence-electron chi connectivity index (χ1n) is 1.43. The summed E-state index contributed by atoms with van der Waals surface area (Å²) in [5, 5.41) is 0.944. The van der Waals surface area contributed by atoms with E-state index in [1.807, 2.05) is 0 Å². The summed E-state index contributed by atoms with van der Waals surface area (Å²) in [5.74, 6) is 0. The maximum atomic E-state index is 4.32. The van der Waals surface area contributed by atoms with Crippen molar-refractivity contribution in [1.82, 2.24) is 0 Å². The average Bonchev–Trinajstić information content (AvgIpc) is 1.37. The molecule has 0 aliphatic rings. The fraction of sp³-hybridized carbons (Fsp3) is 1.00. The summed E-state index contributed by atoms with van der Waals surface area (Å²) in [6.45, 7) is 2.09. The van der Waals surface area contributed by atoms with E-state index in [1.54, 1.807) is 0 Å². The van der Waals surface area contributed by atoms with Crippen LogP contribution >= 0.6 is 12.4 Å². The number of halogens is 1. The van der Waals surface area contributed by atoms with E-state index < -0.39 is 0 Å². The predicted octanol–water partition coefficient (Wildman–Crippen LogP) is 1.78. The third-order valence-corrected chi connectivity index (χ3v) is 0.652. The second kappa shape index (κ2) is 8.84. The minimum Gasteiger partial charge on any atom is -0.147 e. The molecule has 0 rings (SSSR count). The third kappa shape index (κ3) is 11.7. The molecule has 0 heterocycles. The van der Waals surface area contributed by atoms with Crippen LogP contribution in [-0.2, 0) is 15.5 Å². The molecular formula is C3H8ClNi. The van der Waals surface area contributed by atoms with E-state index in [1.165, 1.54) is 0 Å². The van der Waals surface area contributed by atoms with Gasteiger partial charge in [0.15, 0.2) is 0 Å². The summed E-state index contributed by atoms with van der Waals surface area (Å²) in [7, 11) is 0. The Labute approximate surface area is 47.1 Å². The fourth-order valence-electron chi connectivity index (χ4n) is 0. The van der Waals surface area contributed by atoms with E-state index in [0.29, 0.717) is 0 Å². The van der Waals surface area contributed by atoms with Crippen LogP contribution in [0.15, 0.2) is 0 Å². The minimum absolute atomic E-state index is 0. The zero-order chi connectivity index (χ0) is 3.41. The molecule has 37 valence electrons. The molecule has 0 radical (unpaired) electrons. The van der Waals surface area contributed by atoms with Gasteiger partial charge in [-0.2, -0.15) is 0 Å².